The Hall–Kier alpha value is -1.79. The number of phenols is 2. The first-order chi connectivity index (χ1) is 8.78. The number of benzene rings is 1. The summed E-state index contributed by atoms with van der Waals surface area (Å²) in [5.74, 6) is -0.662. The van der Waals surface area contributed by atoms with Crippen LogP contribution in [0.5, 0.6) is 11.5 Å². The summed E-state index contributed by atoms with van der Waals surface area (Å²) in [6.45, 7) is 2.25. The molecule has 1 saturated heterocycles. The smallest absolute Gasteiger partial charge is 0.240 e. The average Bonchev–Trinajstić information content (AvgIpc) is 2.29. The van der Waals surface area contributed by atoms with Gasteiger partial charge in [0.2, 0.25) is 5.91 Å². The van der Waals surface area contributed by atoms with Crippen molar-refractivity contribution < 1.29 is 20.1 Å². The Morgan fingerprint density at radius 2 is 2.05 bits per heavy atom. The van der Waals surface area contributed by atoms with Gasteiger partial charge in [0.1, 0.15) is 0 Å². The third kappa shape index (κ3) is 2.97. The minimum atomic E-state index is -0.813. The number of aliphatic hydroxyl groups is 1. The molecule has 1 heterocycles. The van der Waals surface area contributed by atoms with Crippen LogP contribution in [0.3, 0.4) is 0 Å². The van der Waals surface area contributed by atoms with Gasteiger partial charge in [-0.05, 0) is 31.0 Å². The van der Waals surface area contributed by atoms with Crippen LogP contribution in [-0.2, 0) is 11.2 Å². The molecule has 0 radical (unpaired) electrons. The maximum atomic E-state index is 11.9. The Morgan fingerprint density at radius 1 is 1.42 bits per heavy atom. The molecular weight excluding hydrogens is 248 g/mol. The highest BCUT2D eigenvalue weighted by atomic mass is 16.3. The molecular formula is C13H18N2O4. The molecule has 5 N–H and O–H groups in total. The highest BCUT2D eigenvalue weighted by molar-refractivity contribution is 5.83. The van der Waals surface area contributed by atoms with Gasteiger partial charge in [0, 0.05) is 0 Å². The van der Waals surface area contributed by atoms with Gasteiger partial charge in [-0.1, -0.05) is 6.07 Å². The third-order valence-electron chi connectivity index (χ3n) is 3.19. The van der Waals surface area contributed by atoms with E-state index < -0.39 is 11.6 Å². The zero-order valence-corrected chi connectivity index (χ0v) is 10.7. The van der Waals surface area contributed by atoms with Crippen molar-refractivity contribution in [3.05, 3.63) is 23.8 Å². The molecule has 0 aliphatic carbocycles. The largest absolute Gasteiger partial charge is 0.504 e. The van der Waals surface area contributed by atoms with Crippen molar-refractivity contribution in [2.24, 2.45) is 5.73 Å². The number of aromatic hydroxyl groups is 2. The van der Waals surface area contributed by atoms with Crippen molar-refractivity contribution in [2.75, 3.05) is 13.1 Å². The average molecular weight is 266 g/mol. The molecule has 0 bridgehead atoms. The van der Waals surface area contributed by atoms with Crippen molar-refractivity contribution in [3.8, 4) is 11.5 Å². The van der Waals surface area contributed by atoms with E-state index in [-0.39, 0.29) is 23.8 Å². The molecule has 6 heteroatoms. The van der Waals surface area contributed by atoms with Gasteiger partial charge in [0.25, 0.3) is 0 Å². The number of carbonyl (C=O) groups excluding carboxylic acids is 1. The number of hydrogen-bond acceptors (Lipinski definition) is 5. The van der Waals surface area contributed by atoms with Crippen LogP contribution in [0.25, 0.3) is 0 Å². The predicted octanol–water partition coefficient (Wildman–Crippen LogP) is -0.439. The first-order valence-corrected chi connectivity index (χ1v) is 6.06. The van der Waals surface area contributed by atoms with Crippen LogP contribution >= 0.6 is 0 Å². The number of carbonyl (C=O) groups is 1. The van der Waals surface area contributed by atoms with Crippen LogP contribution in [0, 0.1) is 0 Å². The van der Waals surface area contributed by atoms with E-state index in [0.717, 1.165) is 0 Å². The van der Waals surface area contributed by atoms with Gasteiger partial charge in [-0.2, -0.15) is 0 Å². The molecule has 104 valence electrons. The highest BCUT2D eigenvalue weighted by Gasteiger charge is 2.40. The van der Waals surface area contributed by atoms with E-state index in [0.29, 0.717) is 18.7 Å². The first kappa shape index (κ1) is 13.6. The molecule has 0 saturated carbocycles. The van der Waals surface area contributed by atoms with Crippen molar-refractivity contribution >= 4 is 5.91 Å². The van der Waals surface area contributed by atoms with E-state index in [2.05, 4.69) is 0 Å². The summed E-state index contributed by atoms with van der Waals surface area (Å²) in [5, 5.41) is 28.1. The summed E-state index contributed by atoms with van der Waals surface area (Å²) < 4.78 is 0. The number of phenolic OH excluding ortho intramolecular Hbond substituents is 2. The summed E-state index contributed by atoms with van der Waals surface area (Å²) in [6.07, 6.45) is 0.269. The summed E-state index contributed by atoms with van der Waals surface area (Å²) in [5.41, 5.74) is 5.68. The van der Waals surface area contributed by atoms with Crippen molar-refractivity contribution in [1.29, 1.82) is 0 Å². The molecule has 6 nitrogen and oxygen atoms in total. The number of amides is 1. The van der Waals surface area contributed by atoms with Crippen LogP contribution in [0.15, 0.2) is 18.2 Å². The Kier molecular flexibility index (Phi) is 3.38. The van der Waals surface area contributed by atoms with Crippen LogP contribution in [0.1, 0.15) is 12.5 Å². The third-order valence-corrected chi connectivity index (χ3v) is 3.19. The summed E-state index contributed by atoms with van der Waals surface area (Å²) in [7, 11) is 0. The number of likely N-dealkylation sites (tertiary alicyclic amines) is 1. The lowest BCUT2D eigenvalue weighted by molar-refractivity contribution is -0.153. The number of nitrogens with two attached hydrogens (primary N) is 1. The number of hydrogen-bond donors (Lipinski definition) is 4. The number of rotatable bonds is 3. The molecule has 1 amide bonds. The Bertz CT molecular complexity index is 493. The second kappa shape index (κ2) is 4.71. The van der Waals surface area contributed by atoms with Gasteiger partial charge in [0.15, 0.2) is 11.5 Å². The lowest BCUT2D eigenvalue weighted by Gasteiger charge is -2.45. The number of β-amino-alcohol motifs (C(OH)–C–C–N with tert-alkyl or cyclic N) is 1. The summed E-state index contributed by atoms with van der Waals surface area (Å²) in [4.78, 5) is 13.5. The van der Waals surface area contributed by atoms with Gasteiger partial charge >= 0.3 is 0 Å². The fourth-order valence-corrected chi connectivity index (χ4v) is 2.20. The SMILES string of the molecule is CC1(O)CN(C(=O)[C@@H](N)Cc2ccc(O)c(O)c2)C1. The zero-order valence-electron chi connectivity index (χ0n) is 10.7. The van der Waals surface area contributed by atoms with Gasteiger partial charge in [0.05, 0.1) is 24.7 Å². The van der Waals surface area contributed by atoms with E-state index in [1.807, 2.05) is 0 Å². The molecule has 0 unspecified atom stereocenters. The second-order valence-corrected chi connectivity index (χ2v) is 5.32. The van der Waals surface area contributed by atoms with Crippen LogP contribution in [0.2, 0.25) is 0 Å². The molecule has 1 fully saturated rings. The fraction of sp³-hybridized carbons (Fsp3) is 0.462. The van der Waals surface area contributed by atoms with Gasteiger partial charge < -0.3 is 26.0 Å². The maximum absolute atomic E-state index is 11.9. The lowest BCUT2D eigenvalue weighted by Crippen LogP contribution is -2.64. The van der Waals surface area contributed by atoms with E-state index in [9.17, 15) is 20.1 Å². The Morgan fingerprint density at radius 3 is 2.58 bits per heavy atom. The molecule has 0 spiro atoms. The van der Waals surface area contributed by atoms with Gasteiger partial charge in [-0.25, -0.2) is 0 Å². The van der Waals surface area contributed by atoms with Crippen LogP contribution in [0.4, 0.5) is 0 Å². The number of nitrogens with zero attached hydrogens (tertiary/aromatic N) is 1. The van der Waals surface area contributed by atoms with Gasteiger partial charge in [-0.15, -0.1) is 0 Å². The fourth-order valence-electron chi connectivity index (χ4n) is 2.20. The summed E-state index contributed by atoms with van der Waals surface area (Å²) in [6, 6.07) is 3.62. The zero-order chi connectivity index (χ0) is 14.2. The molecule has 1 aromatic rings. The van der Waals surface area contributed by atoms with Crippen LogP contribution in [-0.4, -0.2) is 50.9 Å². The topological polar surface area (TPSA) is 107 Å². The highest BCUT2D eigenvalue weighted by Crippen LogP contribution is 2.26. The normalized spacial score (nSPS) is 18.8. The molecule has 1 aliphatic heterocycles. The predicted molar refractivity (Wildman–Crippen MR) is 68.7 cm³/mol. The second-order valence-electron chi connectivity index (χ2n) is 5.32. The minimum absolute atomic E-state index is 0.206. The quantitative estimate of drug-likeness (QED) is 0.555. The Balaban J connectivity index is 1.95. The lowest BCUT2D eigenvalue weighted by atomic mass is 9.95. The van der Waals surface area contributed by atoms with Gasteiger partial charge in [-0.3, -0.25) is 4.79 Å². The van der Waals surface area contributed by atoms with Crippen LogP contribution < -0.4 is 5.73 Å². The first-order valence-electron chi connectivity index (χ1n) is 6.06. The van der Waals surface area contributed by atoms with E-state index in [4.69, 9.17) is 5.73 Å². The van der Waals surface area contributed by atoms with Crippen molar-refractivity contribution in [1.82, 2.24) is 4.90 Å². The van der Waals surface area contributed by atoms with E-state index >= 15 is 0 Å². The molecule has 19 heavy (non-hydrogen) atoms. The summed E-state index contributed by atoms with van der Waals surface area (Å²) >= 11 is 0. The minimum Gasteiger partial charge on any atom is -0.504 e. The molecule has 1 aromatic carbocycles. The Labute approximate surface area is 111 Å². The molecule has 2 rings (SSSR count). The molecule has 0 aromatic heterocycles. The van der Waals surface area contributed by atoms with E-state index in [1.165, 1.54) is 17.0 Å². The molecule has 1 aliphatic rings. The standard InChI is InChI=1S/C13H18N2O4/c1-13(19)6-15(7-13)12(18)9(14)4-8-2-3-10(16)11(17)5-8/h2-3,5,9,16-17,19H,4,6-7,14H2,1H3/t9-/m0/s1. The van der Waals surface area contributed by atoms with Crippen molar-refractivity contribution in [3.63, 3.8) is 0 Å². The monoisotopic (exact) mass is 266 g/mol. The maximum Gasteiger partial charge on any atom is 0.240 e. The van der Waals surface area contributed by atoms with Crippen molar-refractivity contribution in [2.45, 2.75) is 25.0 Å². The van der Waals surface area contributed by atoms with E-state index in [1.54, 1.807) is 13.0 Å². The molecule has 1 atom stereocenters.